The molecular formula is C22H23N3O. The summed E-state index contributed by atoms with van der Waals surface area (Å²) >= 11 is 0. The minimum atomic E-state index is -0.0134. The van der Waals surface area contributed by atoms with Crippen LogP contribution in [0.3, 0.4) is 0 Å². The molecule has 1 heterocycles. The van der Waals surface area contributed by atoms with Gasteiger partial charge in [-0.15, -0.1) is 0 Å². The smallest absolute Gasteiger partial charge is 0.251 e. The lowest BCUT2D eigenvalue weighted by molar-refractivity contribution is 0.0954. The Hall–Kier alpha value is -2.85. The van der Waals surface area contributed by atoms with Gasteiger partial charge in [-0.1, -0.05) is 42.5 Å². The highest BCUT2D eigenvalue weighted by Crippen LogP contribution is 2.34. The summed E-state index contributed by atoms with van der Waals surface area (Å²) in [6.45, 7) is 1.64. The number of fused-ring (bicyclic) bond motifs is 5. The largest absolute Gasteiger partial charge is 0.354 e. The topological polar surface area (TPSA) is 48.1 Å². The van der Waals surface area contributed by atoms with Crippen LogP contribution in [0.4, 0.5) is 0 Å². The average Bonchev–Trinajstić information content (AvgIpc) is 3.03. The van der Waals surface area contributed by atoms with E-state index in [-0.39, 0.29) is 5.91 Å². The first-order valence-electron chi connectivity index (χ1n) is 9.00. The van der Waals surface area contributed by atoms with Crippen LogP contribution in [-0.4, -0.2) is 43.0 Å². The normalized spacial score (nSPS) is 11.7. The summed E-state index contributed by atoms with van der Waals surface area (Å²) in [5.74, 6) is -0.0134. The SMILES string of the molecule is CN(C)CCCNC(=O)c1cc2[nH]c3ccccc3c2c2ccccc12. The molecule has 0 fully saturated rings. The van der Waals surface area contributed by atoms with Gasteiger partial charge in [0.1, 0.15) is 0 Å². The van der Waals surface area contributed by atoms with E-state index in [1.54, 1.807) is 0 Å². The van der Waals surface area contributed by atoms with Crippen molar-refractivity contribution in [3.8, 4) is 0 Å². The van der Waals surface area contributed by atoms with Gasteiger partial charge in [-0.25, -0.2) is 0 Å². The molecule has 0 bridgehead atoms. The summed E-state index contributed by atoms with van der Waals surface area (Å²) < 4.78 is 0. The maximum atomic E-state index is 12.8. The lowest BCUT2D eigenvalue weighted by Gasteiger charge is -2.11. The zero-order chi connectivity index (χ0) is 18.1. The van der Waals surface area contributed by atoms with E-state index in [4.69, 9.17) is 0 Å². The van der Waals surface area contributed by atoms with Crippen molar-refractivity contribution in [2.45, 2.75) is 6.42 Å². The molecule has 0 saturated heterocycles. The molecule has 26 heavy (non-hydrogen) atoms. The summed E-state index contributed by atoms with van der Waals surface area (Å²) in [5, 5.41) is 7.54. The maximum Gasteiger partial charge on any atom is 0.251 e. The molecule has 1 aromatic heterocycles. The molecule has 2 N–H and O–H groups in total. The van der Waals surface area contributed by atoms with Crippen LogP contribution in [0.2, 0.25) is 0 Å². The molecule has 0 saturated carbocycles. The van der Waals surface area contributed by atoms with Crippen molar-refractivity contribution in [1.29, 1.82) is 0 Å². The van der Waals surface area contributed by atoms with Gasteiger partial charge < -0.3 is 15.2 Å². The Morgan fingerprint density at radius 2 is 1.65 bits per heavy atom. The lowest BCUT2D eigenvalue weighted by Crippen LogP contribution is -2.27. The third-order valence-corrected chi connectivity index (χ3v) is 4.82. The Balaban J connectivity index is 1.79. The first-order chi connectivity index (χ1) is 12.6. The van der Waals surface area contributed by atoms with Crippen LogP contribution in [0.15, 0.2) is 54.6 Å². The van der Waals surface area contributed by atoms with Crippen LogP contribution in [0.25, 0.3) is 32.6 Å². The van der Waals surface area contributed by atoms with Crippen molar-refractivity contribution in [3.63, 3.8) is 0 Å². The van der Waals surface area contributed by atoms with E-state index in [0.29, 0.717) is 6.54 Å². The van der Waals surface area contributed by atoms with Gasteiger partial charge in [0.15, 0.2) is 0 Å². The summed E-state index contributed by atoms with van der Waals surface area (Å²) in [4.78, 5) is 18.4. The fraction of sp³-hybridized carbons (Fsp3) is 0.227. The molecule has 0 spiro atoms. The minimum absolute atomic E-state index is 0.0134. The molecule has 3 aromatic carbocycles. The van der Waals surface area contributed by atoms with Gasteiger partial charge in [-0.3, -0.25) is 4.79 Å². The number of carbonyl (C=O) groups excluding carboxylic acids is 1. The standard InChI is InChI=1S/C22H23N3O/c1-25(2)13-7-12-23-22(26)18-14-20-21(16-9-4-3-8-15(16)18)17-10-5-6-11-19(17)24-20/h3-6,8-11,14,24H,7,12-13H2,1-2H3,(H,23,26). The molecule has 4 aromatic rings. The summed E-state index contributed by atoms with van der Waals surface area (Å²) in [5.41, 5.74) is 2.82. The number of H-pyrrole nitrogens is 1. The van der Waals surface area contributed by atoms with Gasteiger partial charge in [0.05, 0.1) is 0 Å². The van der Waals surface area contributed by atoms with Gasteiger partial charge >= 0.3 is 0 Å². The Labute approximate surface area is 152 Å². The number of nitrogens with zero attached hydrogens (tertiary/aromatic N) is 1. The van der Waals surface area contributed by atoms with Crippen LogP contribution < -0.4 is 5.32 Å². The van der Waals surface area contributed by atoms with Gasteiger partial charge in [0.25, 0.3) is 5.91 Å². The molecule has 1 amide bonds. The van der Waals surface area contributed by atoms with Gasteiger partial charge in [-0.05, 0) is 50.0 Å². The number of aromatic nitrogens is 1. The number of benzene rings is 3. The van der Waals surface area contributed by atoms with Gasteiger partial charge in [0.2, 0.25) is 0 Å². The fourth-order valence-corrected chi connectivity index (χ4v) is 3.60. The Bertz CT molecular complexity index is 1090. The molecule has 0 unspecified atom stereocenters. The van der Waals surface area contributed by atoms with Crippen LogP contribution in [0.5, 0.6) is 0 Å². The molecule has 4 rings (SSSR count). The minimum Gasteiger partial charge on any atom is -0.354 e. The Morgan fingerprint density at radius 1 is 0.962 bits per heavy atom. The molecule has 0 aliphatic carbocycles. The van der Waals surface area contributed by atoms with Crippen LogP contribution in [0.1, 0.15) is 16.8 Å². The van der Waals surface area contributed by atoms with Crippen LogP contribution in [0, 0.1) is 0 Å². The first kappa shape index (κ1) is 16.6. The second-order valence-corrected chi connectivity index (χ2v) is 6.98. The number of hydrogen-bond acceptors (Lipinski definition) is 2. The highest BCUT2D eigenvalue weighted by molar-refractivity contribution is 6.24. The number of nitrogens with one attached hydrogen (secondary N) is 2. The van der Waals surface area contributed by atoms with Crippen molar-refractivity contribution in [2.75, 3.05) is 27.2 Å². The molecule has 0 atom stereocenters. The van der Waals surface area contributed by atoms with E-state index in [9.17, 15) is 4.79 Å². The molecule has 0 aliphatic heterocycles. The summed E-state index contributed by atoms with van der Waals surface area (Å²) in [6.07, 6.45) is 0.936. The predicted molar refractivity (Wildman–Crippen MR) is 109 cm³/mol. The first-order valence-corrected chi connectivity index (χ1v) is 9.00. The monoisotopic (exact) mass is 345 g/mol. The molecule has 0 aliphatic rings. The number of hydrogen-bond donors (Lipinski definition) is 2. The van der Waals surface area contributed by atoms with E-state index in [1.165, 1.54) is 10.8 Å². The maximum absolute atomic E-state index is 12.8. The van der Waals surface area contributed by atoms with E-state index >= 15 is 0 Å². The Morgan fingerprint density at radius 3 is 2.42 bits per heavy atom. The van der Waals surface area contributed by atoms with Crippen molar-refractivity contribution < 1.29 is 4.79 Å². The predicted octanol–water partition coefficient (Wildman–Crippen LogP) is 4.16. The fourth-order valence-electron chi connectivity index (χ4n) is 3.60. The molecule has 4 nitrogen and oxygen atoms in total. The molecule has 132 valence electrons. The number of carbonyl (C=O) groups is 1. The van der Waals surface area contributed by atoms with Crippen LogP contribution >= 0.6 is 0 Å². The van der Waals surface area contributed by atoms with Crippen LogP contribution in [-0.2, 0) is 0 Å². The number of para-hydroxylation sites is 1. The second-order valence-electron chi connectivity index (χ2n) is 6.98. The highest BCUT2D eigenvalue weighted by atomic mass is 16.1. The third kappa shape index (κ3) is 2.93. The van der Waals surface area contributed by atoms with Crippen molar-refractivity contribution in [2.24, 2.45) is 0 Å². The van der Waals surface area contributed by atoms with Crippen molar-refractivity contribution in [3.05, 3.63) is 60.2 Å². The number of rotatable bonds is 5. The quantitative estimate of drug-likeness (QED) is 0.534. The second kappa shape index (κ2) is 6.81. The zero-order valence-corrected chi connectivity index (χ0v) is 15.2. The lowest BCUT2D eigenvalue weighted by atomic mass is 9.98. The van der Waals surface area contributed by atoms with Gasteiger partial charge in [-0.2, -0.15) is 0 Å². The molecular weight excluding hydrogens is 322 g/mol. The summed E-state index contributed by atoms with van der Waals surface area (Å²) in [7, 11) is 4.08. The highest BCUT2D eigenvalue weighted by Gasteiger charge is 2.15. The average molecular weight is 345 g/mol. The zero-order valence-electron chi connectivity index (χ0n) is 15.2. The van der Waals surface area contributed by atoms with E-state index in [0.717, 1.165) is 40.3 Å². The molecule has 0 radical (unpaired) electrons. The van der Waals surface area contributed by atoms with E-state index in [1.807, 2.05) is 44.4 Å². The van der Waals surface area contributed by atoms with Gasteiger partial charge in [0, 0.05) is 33.9 Å². The Kier molecular flexibility index (Phi) is 4.35. The third-order valence-electron chi connectivity index (χ3n) is 4.82. The summed E-state index contributed by atoms with van der Waals surface area (Å²) in [6, 6.07) is 18.4. The van der Waals surface area contributed by atoms with E-state index < -0.39 is 0 Å². The number of aromatic amines is 1. The number of amides is 1. The molecule has 4 heteroatoms. The van der Waals surface area contributed by atoms with E-state index in [2.05, 4.69) is 39.5 Å². The van der Waals surface area contributed by atoms with Crippen molar-refractivity contribution >= 4 is 38.5 Å². The van der Waals surface area contributed by atoms with Crippen molar-refractivity contribution in [1.82, 2.24) is 15.2 Å².